The van der Waals surface area contributed by atoms with E-state index in [1.807, 2.05) is 67.5 Å². The van der Waals surface area contributed by atoms with Crippen LogP contribution in [-0.4, -0.2) is 26.6 Å². The number of amides is 1. The molecule has 0 unspecified atom stereocenters. The third-order valence-electron chi connectivity index (χ3n) is 4.03. The van der Waals surface area contributed by atoms with E-state index in [-0.39, 0.29) is 17.9 Å². The first-order valence-corrected chi connectivity index (χ1v) is 8.52. The highest BCUT2D eigenvalue weighted by Gasteiger charge is 2.13. The zero-order valence-corrected chi connectivity index (χ0v) is 15.8. The van der Waals surface area contributed by atoms with Gasteiger partial charge in [0.15, 0.2) is 6.61 Å². The lowest BCUT2D eigenvalue weighted by Crippen LogP contribution is -2.28. The molecule has 1 N–H and O–H groups in total. The fraction of sp³-hybridized carbons (Fsp3) is 0.381. The minimum Gasteiger partial charge on any atom is -0.484 e. The van der Waals surface area contributed by atoms with E-state index in [1.54, 1.807) is 0 Å². The van der Waals surface area contributed by atoms with E-state index < -0.39 is 0 Å². The fourth-order valence-corrected chi connectivity index (χ4v) is 2.36. The summed E-state index contributed by atoms with van der Waals surface area (Å²) in [5, 5.41) is 2.88. The van der Waals surface area contributed by atoms with E-state index in [2.05, 4.69) is 26.1 Å². The SMILES string of the molecule is CN(C)c1ccc(CNC(=O)COc2ccc(C(C)(C)C)cc2)cc1. The van der Waals surface area contributed by atoms with Crippen molar-refractivity contribution in [1.82, 2.24) is 5.32 Å². The number of rotatable bonds is 6. The van der Waals surface area contributed by atoms with Gasteiger partial charge >= 0.3 is 0 Å². The van der Waals surface area contributed by atoms with Gasteiger partial charge in [-0.2, -0.15) is 0 Å². The first-order chi connectivity index (χ1) is 11.8. The zero-order valence-electron chi connectivity index (χ0n) is 15.8. The van der Waals surface area contributed by atoms with Crippen molar-refractivity contribution in [3.05, 3.63) is 59.7 Å². The summed E-state index contributed by atoms with van der Waals surface area (Å²) >= 11 is 0. The number of carbonyl (C=O) groups is 1. The molecule has 4 nitrogen and oxygen atoms in total. The monoisotopic (exact) mass is 340 g/mol. The number of carbonyl (C=O) groups excluding carboxylic acids is 1. The average Bonchev–Trinajstić information content (AvgIpc) is 2.58. The van der Waals surface area contributed by atoms with Crippen molar-refractivity contribution >= 4 is 11.6 Å². The standard InChI is InChI=1S/C21H28N2O2/c1-21(2,3)17-8-12-19(13-9-17)25-15-20(24)22-14-16-6-10-18(11-7-16)23(4)5/h6-13H,14-15H2,1-5H3,(H,22,24). The molecule has 2 aromatic carbocycles. The summed E-state index contributed by atoms with van der Waals surface area (Å²) in [6.45, 7) is 7.02. The molecule has 0 aromatic heterocycles. The Morgan fingerprint density at radius 1 is 1.00 bits per heavy atom. The highest BCUT2D eigenvalue weighted by Crippen LogP contribution is 2.24. The van der Waals surface area contributed by atoms with Crippen LogP contribution in [0.25, 0.3) is 0 Å². The van der Waals surface area contributed by atoms with Crippen LogP contribution in [0.2, 0.25) is 0 Å². The smallest absolute Gasteiger partial charge is 0.258 e. The molecule has 0 saturated carbocycles. The van der Waals surface area contributed by atoms with Crippen LogP contribution in [0.1, 0.15) is 31.9 Å². The van der Waals surface area contributed by atoms with Crippen molar-refractivity contribution in [2.75, 3.05) is 25.6 Å². The van der Waals surface area contributed by atoms with E-state index in [1.165, 1.54) is 5.56 Å². The van der Waals surface area contributed by atoms with Gasteiger partial charge < -0.3 is 15.0 Å². The van der Waals surface area contributed by atoms with Crippen LogP contribution in [0, 0.1) is 0 Å². The number of nitrogens with one attached hydrogen (secondary N) is 1. The number of anilines is 1. The molecule has 134 valence electrons. The van der Waals surface area contributed by atoms with Gasteiger partial charge in [0.25, 0.3) is 5.91 Å². The largest absolute Gasteiger partial charge is 0.484 e. The zero-order chi connectivity index (χ0) is 18.4. The molecule has 0 radical (unpaired) electrons. The molecule has 0 fully saturated rings. The van der Waals surface area contributed by atoms with Crippen molar-refractivity contribution < 1.29 is 9.53 Å². The summed E-state index contributed by atoms with van der Waals surface area (Å²) in [4.78, 5) is 14.0. The third-order valence-corrected chi connectivity index (χ3v) is 4.03. The Hall–Kier alpha value is -2.49. The molecular formula is C21H28N2O2. The van der Waals surface area contributed by atoms with Crippen LogP contribution in [-0.2, 0) is 16.8 Å². The fourth-order valence-electron chi connectivity index (χ4n) is 2.36. The lowest BCUT2D eigenvalue weighted by Gasteiger charge is -2.19. The van der Waals surface area contributed by atoms with Gasteiger partial charge in [0.05, 0.1) is 0 Å². The maximum atomic E-state index is 11.9. The Morgan fingerprint density at radius 3 is 2.12 bits per heavy atom. The molecule has 0 spiro atoms. The highest BCUT2D eigenvalue weighted by molar-refractivity contribution is 5.77. The first-order valence-electron chi connectivity index (χ1n) is 8.52. The number of ether oxygens (including phenoxy) is 1. The maximum Gasteiger partial charge on any atom is 0.258 e. The molecule has 0 aliphatic carbocycles. The minimum atomic E-state index is -0.128. The second-order valence-electron chi connectivity index (χ2n) is 7.40. The lowest BCUT2D eigenvalue weighted by atomic mass is 9.87. The van der Waals surface area contributed by atoms with Crippen LogP contribution in [0.3, 0.4) is 0 Å². The Bertz CT molecular complexity index is 683. The number of hydrogen-bond acceptors (Lipinski definition) is 3. The van der Waals surface area contributed by atoms with E-state index in [9.17, 15) is 4.79 Å². The third kappa shape index (κ3) is 5.82. The number of benzene rings is 2. The molecule has 0 heterocycles. The van der Waals surface area contributed by atoms with Crippen molar-refractivity contribution in [2.24, 2.45) is 0 Å². The predicted octanol–water partition coefficient (Wildman–Crippen LogP) is 3.75. The van der Waals surface area contributed by atoms with Crippen LogP contribution in [0.4, 0.5) is 5.69 Å². The van der Waals surface area contributed by atoms with Gasteiger partial charge in [0, 0.05) is 26.3 Å². The van der Waals surface area contributed by atoms with Gasteiger partial charge in [-0.15, -0.1) is 0 Å². The van der Waals surface area contributed by atoms with Crippen LogP contribution < -0.4 is 15.0 Å². The molecule has 4 heteroatoms. The van der Waals surface area contributed by atoms with Crippen molar-refractivity contribution in [1.29, 1.82) is 0 Å². The minimum absolute atomic E-state index is 0.0185. The summed E-state index contributed by atoms with van der Waals surface area (Å²) in [6.07, 6.45) is 0. The maximum absolute atomic E-state index is 11.9. The van der Waals surface area contributed by atoms with Crippen LogP contribution in [0.15, 0.2) is 48.5 Å². The van der Waals surface area contributed by atoms with Crippen molar-refractivity contribution in [2.45, 2.75) is 32.7 Å². The van der Waals surface area contributed by atoms with Gasteiger partial charge in [-0.1, -0.05) is 45.0 Å². The second kappa shape index (κ2) is 8.06. The number of hydrogen-bond donors (Lipinski definition) is 1. The summed E-state index contributed by atoms with van der Waals surface area (Å²) < 4.78 is 5.56. The van der Waals surface area contributed by atoms with E-state index >= 15 is 0 Å². The Morgan fingerprint density at radius 2 is 1.60 bits per heavy atom. The Labute approximate surface area is 150 Å². The van der Waals surface area contributed by atoms with Crippen LogP contribution in [0.5, 0.6) is 5.75 Å². The average molecular weight is 340 g/mol. The van der Waals surface area contributed by atoms with E-state index in [0.29, 0.717) is 12.3 Å². The summed E-state index contributed by atoms with van der Waals surface area (Å²) in [6, 6.07) is 16.0. The van der Waals surface area contributed by atoms with Crippen molar-refractivity contribution in [3.8, 4) is 5.75 Å². The van der Waals surface area contributed by atoms with Crippen LogP contribution >= 0.6 is 0 Å². The summed E-state index contributed by atoms with van der Waals surface area (Å²) in [5.41, 5.74) is 3.55. The normalized spacial score (nSPS) is 11.1. The number of nitrogens with zero attached hydrogens (tertiary/aromatic N) is 1. The van der Waals surface area contributed by atoms with Gasteiger partial charge in [0.1, 0.15) is 5.75 Å². The lowest BCUT2D eigenvalue weighted by molar-refractivity contribution is -0.123. The molecule has 2 aromatic rings. The summed E-state index contributed by atoms with van der Waals surface area (Å²) in [5.74, 6) is 0.579. The van der Waals surface area contributed by atoms with Gasteiger partial charge in [-0.3, -0.25) is 4.79 Å². The molecule has 2 rings (SSSR count). The van der Waals surface area contributed by atoms with E-state index in [0.717, 1.165) is 11.3 Å². The Kier molecular flexibility index (Phi) is 6.07. The van der Waals surface area contributed by atoms with Gasteiger partial charge in [-0.05, 0) is 40.8 Å². The summed E-state index contributed by atoms with van der Waals surface area (Å²) in [7, 11) is 4.00. The second-order valence-corrected chi connectivity index (χ2v) is 7.40. The quantitative estimate of drug-likeness (QED) is 0.871. The van der Waals surface area contributed by atoms with Crippen molar-refractivity contribution in [3.63, 3.8) is 0 Å². The van der Waals surface area contributed by atoms with Gasteiger partial charge in [-0.25, -0.2) is 0 Å². The molecular weight excluding hydrogens is 312 g/mol. The molecule has 0 saturated heterocycles. The molecule has 0 bridgehead atoms. The predicted molar refractivity (Wildman–Crippen MR) is 103 cm³/mol. The topological polar surface area (TPSA) is 41.6 Å². The Balaban J connectivity index is 1.78. The first kappa shape index (κ1) is 18.8. The highest BCUT2D eigenvalue weighted by atomic mass is 16.5. The molecule has 25 heavy (non-hydrogen) atoms. The molecule has 1 amide bonds. The van der Waals surface area contributed by atoms with Gasteiger partial charge in [0.2, 0.25) is 0 Å². The molecule has 0 aliphatic heterocycles. The van der Waals surface area contributed by atoms with E-state index in [4.69, 9.17) is 4.74 Å². The molecule has 0 atom stereocenters. The molecule has 0 aliphatic rings.